The largest absolute Gasteiger partial charge is 0.309 e. The third kappa shape index (κ3) is 17.3. The van der Waals surface area contributed by atoms with Gasteiger partial charge in [-0.15, -0.1) is 0 Å². The first kappa shape index (κ1) is 102. The fourth-order valence-electron chi connectivity index (χ4n) is 21.3. The van der Waals surface area contributed by atoms with E-state index < -0.39 is 0 Å². The van der Waals surface area contributed by atoms with Gasteiger partial charge in [0, 0.05) is 68.6 Å². The number of fused-ring (bicyclic) bond motifs is 38. The minimum atomic E-state index is 0.999. The number of hydrogen-bond donors (Lipinski definition) is 0. The topological polar surface area (TPSA) is 14.8 Å². The highest BCUT2D eigenvalue weighted by molar-refractivity contribution is 6.17. The van der Waals surface area contributed by atoms with Crippen molar-refractivity contribution in [2.24, 2.45) is 0 Å². The Kier molecular flexibility index (Phi) is 36.8. The smallest absolute Gasteiger partial charge is 0.0582 e. The molecule has 0 saturated heterocycles. The second-order valence-electron chi connectivity index (χ2n) is 30.3. The Labute approximate surface area is 796 Å². The molecule has 3 aliphatic heterocycles. The molecule has 684 valence electrons. The molecule has 0 atom stereocenters. The monoisotopic (exact) mass is 1740 g/mol. The molecular weight excluding hydrogens is 1590 g/mol. The summed E-state index contributed by atoms with van der Waals surface area (Å²) in [4.78, 5) is 0. The number of para-hydroxylation sites is 6. The van der Waals surface area contributed by atoms with Gasteiger partial charge in [0.25, 0.3) is 0 Å². The zero-order valence-electron chi connectivity index (χ0n) is 86.2. The fraction of sp³-hybridized carbons (Fsp3) is 0.302. The molecule has 27 rings (SSSR count). The Bertz CT molecular complexity index is 6870. The van der Waals surface area contributed by atoms with Crippen LogP contribution in [0.5, 0.6) is 0 Å². The molecule has 6 heterocycles. The van der Waals surface area contributed by atoms with Gasteiger partial charge in [0.05, 0.1) is 33.1 Å². The number of hydrogen-bond acceptors (Lipinski definition) is 0. The van der Waals surface area contributed by atoms with Gasteiger partial charge >= 0.3 is 0 Å². The maximum absolute atomic E-state index is 2.53. The van der Waals surface area contributed by atoms with Crippen LogP contribution in [-0.2, 0) is 57.8 Å². The Morgan fingerprint density at radius 3 is 0.818 bits per heavy atom. The molecule has 0 unspecified atom stereocenters. The summed E-state index contributed by atoms with van der Waals surface area (Å²) in [5.74, 6) is 0. The Balaban J connectivity index is 0.000000180. The van der Waals surface area contributed by atoms with E-state index in [2.05, 4.69) is 287 Å². The van der Waals surface area contributed by atoms with E-state index in [9.17, 15) is 0 Å². The first-order valence-corrected chi connectivity index (χ1v) is 51.8. The number of nitrogens with zero attached hydrogens (tertiary/aromatic N) is 3. The molecule has 0 amide bonds. The summed E-state index contributed by atoms with van der Waals surface area (Å²) in [7, 11) is 0. The first-order chi connectivity index (χ1) is 65.6. The van der Waals surface area contributed by atoms with Crippen LogP contribution in [0, 0.1) is 0 Å². The van der Waals surface area contributed by atoms with Crippen molar-refractivity contribution in [2.75, 3.05) is 0 Å². The van der Waals surface area contributed by atoms with E-state index >= 15 is 0 Å². The van der Waals surface area contributed by atoms with Gasteiger partial charge in [-0.1, -0.05) is 414 Å². The highest BCUT2D eigenvalue weighted by atomic mass is 15.0. The van der Waals surface area contributed by atoms with Gasteiger partial charge in [-0.2, -0.15) is 0 Å². The van der Waals surface area contributed by atoms with Gasteiger partial charge in [-0.3, -0.25) is 0 Å². The van der Waals surface area contributed by atoms with Crippen molar-refractivity contribution in [1.29, 1.82) is 0 Å². The van der Waals surface area contributed by atoms with Crippen LogP contribution in [0.2, 0.25) is 0 Å². The normalized spacial score (nSPS) is 11.6. The number of aromatic nitrogens is 3. The molecule has 0 bridgehead atoms. The summed E-state index contributed by atoms with van der Waals surface area (Å²) in [6, 6.07) is 103. The summed E-state index contributed by atoms with van der Waals surface area (Å²) in [6.07, 6.45) is 9.30. The van der Waals surface area contributed by atoms with Crippen LogP contribution < -0.4 is 0 Å². The van der Waals surface area contributed by atoms with Crippen LogP contribution in [0.1, 0.15) is 308 Å². The lowest BCUT2D eigenvalue weighted by Gasteiger charge is -2.23. The molecule has 9 aliphatic rings. The third-order valence-electron chi connectivity index (χ3n) is 25.3. The van der Waals surface area contributed by atoms with E-state index in [-0.39, 0.29) is 0 Å². The minimum Gasteiger partial charge on any atom is -0.309 e. The maximum Gasteiger partial charge on any atom is 0.0582 e. The van der Waals surface area contributed by atoms with E-state index in [1.807, 2.05) is 208 Å². The summed E-state index contributed by atoms with van der Waals surface area (Å²) < 4.78 is 7.58. The third-order valence-corrected chi connectivity index (χ3v) is 25.3. The lowest BCUT2D eigenvalue weighted by molar-refractivity contribution is 1.04. The first-order valence-electron chi connectivity index (χ1n) is 51.8. The van der Waals surface area contributed by atoms with Gasteiger partial charge in [0.15, 0.2) is 0 Å². The summed E-state index contributed by atoms with van der Waals surface area (Å²) >= 11 is 0. The van der Waals surface area contributed by atoms with Crippen molar-refractivity contribution in [3.63, 3.8) is 0 Å². The predicted octanol–water partition coefficient (Wildman–Crippen LogP) is 38.9. The maximum atomic E-state index is 2.53. The zero-order valence-corrected chi connectivity index (χ0v) is 86.2. The minimum absolute atomic E-state index is 0.999. The summed E-state index contributed by atoms with van der Waals surface area (Å²) in [5, 5.41) is 8.32. The molecule has 0 spiro atoms. The Hall–Kier alpha value is -12.3. The van der Waals surface area contributed by atoms with Gasteiger partial charge in [-0.25, -0.2) is 0 Å². The van der Waals surface area contributed by atoms with Crippen LogP contribution in [0.25, 0.3) is 149 Å². The van der Waals surface area contributed by atoms with Crippen LogP contribution in [-0.4, -0.2) is 13.7 Å². The Morgan fingerprint density at radius 1 is 0.144 bits per heavy atom. The molecule has 15 aromatic carbocycles. The highest BCUT2D eigenvalue weighted by Crippen LogP contribution is 2.57. The molecule has 3 nitrogen and oxygen atoms in total. The van der Waals surface area contributed by atoms with Crippen molar-refractivity contribution in [2.45, 2.75) is 265 Å². The Morgan fingerprint density at radius 2 is 0.394 bits per heavy atom. The molecule has 132 heavy (non-hydrogen) atoms. The zero-order chi connectivity index (χ0) is 95.9. The average molecular weight is 1750 g/mol. The summed E-state index contributed by atoms with van der Waals surface area (Å²) in [6.45, 7) is 60.0. The number of benzene rings is 15. The van der Waals surface area contributed by atoms with Crippen molar-refractivity contribution in [3.05, 3.63) is 373 Å². The molecule has 3 aromatic heterocycles. The molecule has 0 radical (unpaired) electrons. The van der Waals surface area contributed by atoms with Crippen LogP contribution in [0.4, 0.5) is 0 Å². The van der Waals surface area contributed by atoms with Crippen LogP contribution in [0.15, 0.2) is 273 Å². The number of rotatable bonds is 0. The molecule has 18 aromatic rings. The molecule has 0 saturated carbocycles. The molecule has 0 N–H and O–H groups in total. The summed E-state index contributed by atoms with van der Waals surface area (Å²) in [5.41, 5.74) is 56.6. The van der Waals surface area contributed by atoms with E-state index in [0.717, 1.165) is 57.8 Å². The second-order valence-corrected chi connectivity index (χ2v) is 30.3. The lowest BCUT2D eigenvalue weighted by atomic mass is 9.89. The fourth-order valence-corrected chi connectivity index (χ4v) is 21.3. The standard InChI is InChI=1S/3C33H21N.15C2H6/c1-3-9-24-19(7-1)13-21-17-27-22(16-26(21)24)14-23-18-28-25-10-4-6-12-31(25)34-30-11-5-2-8-20(30)15-29(32(23)27)33(28)34;1-3-9-22-19(7-1)15-26-23(22)13-14-25-27(26)17-21-18-28-24-10-4-6-12-31(24)34-30-11-5-2-8-20(30)16-29(32(21)25)33(28)34;1-3-9-23-19(7-1)15-21-13-14-25-26(31(21)23)17-22-18-27-24-10-4-6-12-30(24)34-29-11-5-2-8-20(29)16-28(32(22)25)33(27)34;15*1-2/h1-12,16-18H,13-15H2;2*1-14,18H,15-17H2;15*1-2H3. The van der Waals surface area contributed by atoms with E-state index in [1.54, 1.807) is 11.1 Å². The average Bonchev–Trinajstić information content (AvgIpc) is 1.54. The van der Waals surface area contributed by atoms with E-state index in [1.165, 1.54) is 238 Å². The quantitative estimate of drug-likeness (QED) is 0.144. The van der Waals surface area contributed by atoms with Crippen molar-refractivity contribution < 1.29 is 0 Å². The molecule has 3 heteroatoms. The lowest BCUT2D eigenvalue weighted by Crippen LogP contribution is -2.09. The van der Waals surface area contributed by atoms with Crippen LogP contribution >= 0.6 is 0 Å². The van der Waals surface area contributed by atoms with Crippen molar-refractivity contribution in [1.82, 2.24) is 13.7 Å². The second kappa shape index (κ2) is 47.7. The molecular formula is C129H153N3. The van der Waals surface area contributed by atoms with Gasteiger partial charge in [0.2, 0.25) is 0 Å². The van der Waals surface area contributed by atoms with Gasteiger partial charge in [-0.05, 0) is 272 Å². The van der Waals surface area contributed by atoms with Crippen molar-refractivity contribution in [3.8, 4) is 83.8 Å². The molecule has 0 fully saturated rings. The SMILES string of the molecule is CC.CC.CC.CC.CC.CC.CC.CC.CC.CC.CC.CC.CC.CC.CC.c1ccc2c(c1)Cc1c-2ccc2c1Cc1cc3c4ccccc4n4c3c(c1-2)Cc1ccccc1-4.c1ccc2c(c1)Cc1cc3c(cc1-2)Cc1cc2c4ccccc4n4c2c(c1-3)Cc1ccccc1-4.c1ccc2c(c1)Cc1ccc3c(c1-2)Cc1cc2c4ccccc4n4c2c(c1-3)Cc1ccccc1-4. The molecule has 6 aliphatic carbocycles. The predicted molar refractivity (Wildman–Crippen MR) is 590 cm³/mol. The van der Waals surface area contributed by atoms with Crippen molar-refractivity contribution >= 4 is 65.4 Å². The van der Waals surface area contributed by atoms with Gasteiger partial charge in [0.1, 0.15) is 0 Å². The van der Waals surface area contributed by atoms with Crippen LogP contribution in [0.3, 0.4) is 0 Å². The van der Waals surface area contributed by atoms with E-state index in [0.29, 0.717) is 0 Å². The van der Waals surface area contributed by atoms with Gasteiger partial charge < -0.3 is 13.7 Å². The highest BCUT2D eigenvalue weighted by Gasteiger charge is 2.38. The van der Waals surface area contributed by atoms with E-state index in [4.69, 9.17) is 0 Å².